The van der Waals surface area contributed by atoms with Crippen LogP contribution >= 0.6 is 0 Å². The molecule has 0 radical (unpaired) electrons. The molecule has 3 heteroatoms. The fourth-order valence-corrected chi connectivity index (χ4v) is 3.92. The minimum Gasteiger partial charge on any atom is -0.321 e. The molecule has 0 spiro atoms. The van der Waals surface area contributed by atoms with Gasteiger partial charge in [0.2, 0.25) is 0 Å². The summed E-state index contributed by atoms with van der Waals surface area (Å²) in [6.07, 6.45) is 0. The number of amides is 1. The molecule has 1 heterocycles. The number of rotatable bonds is 3. The predicted octanol–water partition coefficient (Wildman–Crippen LogP) is 6.39. The number of hydrogen-bond donors (Lipinski definition) is 1. The Morgan fingerprint density at radius 3 is 2.17 bits per heavy atom. The molecule has 1 amide bonds. The summed E-state index contributed by atoms with van der Waals surface area (Å²) < 4.78 is 0. The lowest BCUT2D eigenvalue weighted by atomic mass is 10.00. The van der Waals surface area contributed by atoms with Crippen LogP contribution in [0.1, 0.15) is 32.6 Å². The molecule has 0 bridgehead atoms. The topological polar surface area (TPSA) is 42.0 Å². The molecule has 3 aromatic carbocycles. The van der Waals surface area contributed by atoms with Gasteiger partial charge < -0.3 is 5.32 Å². The van der Waals surface area contributed by atoms with Crippen molar-refractivity contribution in [3.63, 3.8) is 0 Å². The Bertz CT molecular complexity index is 1220. The van der Waals surface area contributed by atoms with Crippen molar-refractivity contribution >= 4 is 22.5 Å². The number of carbonyl (C=O) groups is 1. The van der Waals surface area contributed by atoms with Gasteiger partial charge in [0, 0.05) is 16.6 Å². The number of para-hydroxylation sites is 1. The van der Waals surface area contributed by atoms with Gasteiger partial charge in [-0.3, -0.25) is 4.79 Å². The Labute approximate surface area is 171 Å². The van der Waals surface area contributed by atoms with Crippen LogP contribution in [-0.4, -0.2) is 10.9 Å². The van der Waals surface area contributed by atoms with E-state index >= 15 is 0 Å². The maximum Gasteiger partial charge on any atom is 0.256 e. The first-order chi connectivity index (χ1) is 13.9. The van der Waals surface area contributed by atoms with E-state index in [1.807, 2.05) is 62.4 Å². The van der Waals surface area contributed by atoms with Gasteiger partial charge in [-0.2, -0.15) is 0 Å². The highest BCUT2D eigenvalue weighted by molar-refractivity contribution is 6.13. The molecular weight excluding hydrogens is 356 g/mol. The van der Waals surface area contributed by atoms with Crippen molar-refractivity contribution in [3.05, 3.63) is 94.5 Å². The molecular formula is C26H24N2O. The van der Waals surface area contributed by atoms with Crippen LogP contribution in [0.25, 0.3) is 22.2 Å². The van der Waals surface area contributed by atoms with Crippen molar-refractivity contribution < 1.29 is 4.79 Å². The fourth-order valence-electron chi connectivity index (χ4n) is 3.92. The maximum absolute atomic E-state index is 13.3. The first kappa shape index (κ1) is 18.9. The highest BCUT2D eigenvalue weighted by atomic mass is 16.1. The van der Waals surface area contributed by atoms with Crippen LogP contribution in [-0.2, 0) is 0 Å². The molecule has 0 fully saturated rings. The van der Waals surface area contributed by atoms with E-state index in [1.165, 1.54) is 5.56 Å². The van der Waals surface area contributed by atoms with Gasteiger partial charge in [-0.05, 0) is 56.5 Å². The van der Waals surface area contributed by atoms with Gasteiger partial charge in [0.05, 0.1) is 16.8 Å². The highest BCUT2D eigenvalue weighted by Crippen LogP contribution is 2.29. The number of nitrogens with one attached hydrogen (secondary N) is 1. The molecule has 0 saturated carbocycles. The van der Waals surface area contributed by atoms with Crippen LogP contribution in [0.3, 0.4) is 0 Å². The van der Waals surface area contributed by atoms with E-state index in [9.17, 15) is 4.79 Å². The van der Waals surface area contributed by atoms with Crippen LogP contribution < -0.4 is 5.32 Å². The Morgan fingerprint density at radius 2 is 1.45 bits per heavy atom. The summed E-state index contributed by atoms with van der Waals surface area (Å²) >= 11 is 0. The normalized spacial score (nSPS) is 10.9. The molecule has 0 aliphatic heterocycles. The van der Waals surface area contributed by atoms with E-state index in [2.05, 4.69) is 37.4 Å². The van der Waals surface area contributed by atoms with E-state index in [-0.39, 0.29) is 5.91 Å². The van der Waals surface area contributed by atoms with Crippen LogP contribution in [0.2, 0.25) is 0 Å². The Morgan fingerprint density at radius 1 is 0.793 bits per heavy atom. The van der Waals surface area contributed by atoms with Gasteiger partial charge in [-0.1, -0.05) is 60.2 Å². The third kappa shape index (κ3) is 3.64. The highest BCUT2D eigenvalue weighted by Gasteiger charge is 2.16. The second-order valence-electron chi connectivity index (χ2n) is 7.61. The van der Waals surface area contributed by atoms with E-state index in [0.717, 1.165) is 44.5 Å². The van der Waals surface area contributed by atoms with Crippen LogP contribution in [0, 0.1) is 27.7 Å². The lowest BCUT2D eigenvalue weighted by Gasteiger charge is -2.15. The first-order valence-electron chi connectivity index (χ1n) is 9.79. The molecule has 144 valence electrons. The van der Waals surface area contributed by atoms with E-state index in [4.69, 9.17) is 4.98 Å². The van der Waals surface area contributed by atoms with Gasteiger partial charge in [0.25, 0.3) is 5.91 Å². The standard InChI is InChI=1S/C26H24N2O/c1-16-13-18(3)25(19(4)14-16)28-26(29)22-15-24(20-10-6-5-9-17(20)2)27-23-12-8-7-11-21(22)23/h5-15H,1-4H3,(H,28,29). The summed E-state index contributed by atoms with van der Waals surface area (Å²) in [6, 6.07) is 22.0. The van der Waals surface area contributed by atoms with Crippen molar-refractivity contribution in [1.29, 1.82) is 0 Å². The molecule has 0 aliphatic rings. The number of aromatic nitrogens is 1. The van der Waals surface area contributed by atoms with Crippen LogP contribution in [0.4, 0.5) is 5.69 Å². The number of carbonyl (C=O) groups excluding carboxylic acids is 1. The molecule has 0 aliphatic carbocycles. The van der Waals surface area contributed by atoms with Crippen molar-refractivity contribution in [2.45, 2.75) is 27.7 Å². The average molecular weight is 380 g/mol. The number of hydrogen-bond acceptors (Lipinski definition) is 2. The second kappa shape index (κ2) is 7.51. The zero-order valence-corrected chi connectivity index (χ0v) is 17.2. The quantitative estimate of drug-likeness (QED) is 0.447. The molecule has 0 saturated heterocycles. The van der Waals surface area contributed by atoms with E-state index < -0.39 is 0 Å². The number of aryl methyl sites for hydroxylation is 4. The first-order valence-corrected chi connectivity index (χ1v) is 9.79. The largest absolute Gasteiger partial charge is 0.321 e. The zero-order chi connectivity index (χ0) is 20.5. The maximum atomic E-state index is 13.3. The average Bonchev–Trinajstić information content (AvgIpc) is 2.70. The van der Waals surface area contributed by atoms with E-state index in [1.54, 1.807) is 0 Å². The summed E-state index contributed by atoms with van der Waals surface area (Å²) in [5.74, 6) is -0.117. The van der Waals surface area contributed by atoms with Crippen LogP contribution in [0.15, 0.2) is 66.7 Å². The zero-order valence-electron chi connectivity index (χ0n) is 17.2. The predicted molar refractivity (Wildman–Crippen MR) is 121 cm³/mol. The molecule has 0 atom stereocenters. The summed E-state index contributed by atoms with van der Waals surface area (Å²) in [7, 11) is 0. The molecule has 29 heavy (non-hydrogen) atoms. The van der Waals surface area contributed by atoms with Gasteiger partial charge >= 0.3 is 0 Å². The van der Waals surface area contributed by atoms with Crippen molar-refractivity contribution in [1.82, 2.24) is 4.98 Å². The third-order valence-corrected chi connectivity index (χ3v) is 5.30. The monoisotopic (exact) mass is 380 g/mol. The van der Waals surface area contributed by atoms with Gasteiger partial charge in [-0.25, -0.2) is 4.98 Å². The minimum atomic E-state index is -0.117. The molecule has 4 rings (SSSR count). The molecule has 1 N–H and O–H groups in total. The number of nitrogens with zero attached hydrogens (tertiary/aromatic N) is 1. The van der Waals surface area contributed by atoms with Crippen molar-refractivity contribution in [2.24, 2.45) is 0 Å². The summed E-state index contributed by atoms with van der Waals surface area (Å²) in [5, 5.41) is 3.99. The smallest absolute Gasteiger partial charge is 0.256 e. The molecule has 3 nitrogen and oxygen atoms in total. The fraction of sp³-hybridized carbons (Fsp3) is 0.154. The van der Waals surface area contributed by atoms with Gasteiger partial charge in [-0.15, -0.1) is 0 Å². The Balaban J connectivity index is 1.85. The van der Waals surface area contributed by atoms with Gasteiger partial charge in [0.15, 0.2) is 0 Å². The number of anilines is 1. The minimum absolute atomic E-state index is 0.117. The lowest BCUT2D eigenvalue weighted by Crippen LogP contribution is -2.15. The molecule has 4 aromatic rings. The molecule has 0 unspecified atom stereocenters. The second-order valence-corrected chi connectivity index (χ2v) is 7.61. The third-order valence-electron chi connectivity index (χ3n) is 5.30. The van der Waals surface area contributed by atoms with Crippen molar-refractivity contribution in [2.75, 3.05) is 5.32 Å². The number of benzene rings is 3. The lowest BCUT2D eigenvalue weighted by molar-refractivity contribution is 0.102. The Hall–Kier alpha value is -3.46. The summed E-state index contributed by atoms with van der Waals surface area (Å²) in [6.45, 7) is 8.18. The number of pyridine rings is 1. The molecule has 1 aromatic heterocycles. The van der Waals surface area contributed by atoms with Crippen molar-refractivity contribution in [3.8, 4) is 11.3 Å². The number of fused-ring (bicyclic) bond motifs is 1. The van der Waals surface area contributed by atoms with Gasteiger partial charge in [0.1, 0.15) is 0 Å². The SMILES string of the molecule is Cc1cc(C)c(NC(=O)c2cc(-c3ccccc3C)nc3ccccc23)c(C)c1. The Kier molecular flexibility index (Phi) is 4.89. The summed E-state index contributed by atoms with van der Waals surface area (Å²) in [5.41, 5.74) is 8.62. The van der Waals surface area contributed by atoms with E-state index in [0.29, 0.717) is 5.56 Å². The van der Waals surface area contributed by atoms with Crippen LogP contribution in [0.5, 0.6) is 0 Å². The summed E-state index contributed by atoms with van der Waals surface area (Å²) in [4.78, 5) is 18.2.